The van der Waals surface area contributed by atoms with Gasteiger partial charge in [-0.3, -0.25) is 4.31 Å². The second-order valence-corrected chi connectivity index (χ2v) is 9.92. The lowest BCUT2D eigenvalue weighted by Gasteiger charge is -2.16. The van der Waals surface area contributed by atoms with Crippen LogP contribution in [0.25, 0.3) is 10.9 Å². The Kier molecular flexibility index (Phi) is 6.61. The van der Waals surface area contributed by atoms with Crippen molar-refractivity contribution >= 4 is 44.0 Å². The van der Waals surface area contributed by atoms with Gasteiger partial charge in [0.1, 0.15) is 0 Å². The zero-order chi connectivity index (χ0) is 25.2. The van der Waals surface area contributed by atoms with Crippen molar-refractivity contribution in [3.05, 3.63) is 89.5 Å². The SMILES string of the molecule is CCOC(=O)c1ccc2c(C(=Nc3ccc(N(C)S(C)(=O)=O)cc3)c3ccccc3)c(O)[nH]c2c1. The van der Waals surface area contributed by atoms with Gasteiger partial charge in [0, 0.05) is 23.5 Å². The molecule has 0 aliphatic carbocycles. The highest BCUT2D eigenvalue weighted by molar-refractivity contribution is 7.92. The first-order valence-electron chi connectivity index (χ1n) is 10.9. The van der Waals surface area contributed by atoms with E-state index in [4.69, 9.17) is 9.73 Å². The first-order valence-corrected chi connectivity index (χ1v) is 12.7. The van der Waals surface area contributed by atoms with E-state index in [0.29, 0.717) is 39.1 Å². The van der Waals surface area contributed by atoms with Gasteiger partial charge in [0.05, 0.1) is 41.1 Å². The Balaban J connectivity index is 1.83. The molecular weight excluding hydrogens is 466 g/mol. The number of hydrogen-bond acceptors (Lipinski definition) is 6. The average Bonchev–Trinajstić information content (AvgIpc) is 3.17. The minimum Gasteiger partial charge on any atom is -0.494 e. The lowest BCUT2D eigenvalue weighted by Crippen LogP contribution is -2.24. The minimum absolute atomic E-state index is 0.0861. The molecule has 0 unspecified atom stereocenters. The zero-order valence-corrected chi connectivity index (χ0v) is 20.3. The molecule has 1 heterocycles. The van der Waals surface area contributed by atoms with Gasteiger partial charge in [0.15, 0.2) is 5.88 Å². The van der Waals surface area contributed by atoms with Crippen molar-refractivity contribution in [2.24, 2.45) is 4.99 Å². The van der Waals surface area contributed by atoms with E-state index >= 15 is 0 Å². The Morgan fingerprint density at radius 2 is 1.71 bits per heavy atom. The van der Waals surface area contributed by atoms with E-state index in [2.05, 4.69) is 4.98 Å². The molecule has 3 aromatic carbocycles. The zero-order valence-electron chi connectivity index (χ0n) is 19.5. The number of hydrogen-bond donors (Lipinski definition) is 2. The lowest BCUT2D eigenvalue weighted by atomic mass is 10.00. The summed E-state index contributed by atoms with van der Waals surface area (Å²) < 4.78 is 29.9. The number of nitrogens with zero attached hydrogens (tertiary/aromatic N) is 2. The third kappa shape index (κ3) is 5.04. The molecule has 4 rings (SSSR count). The summed E-state index contributed by atoms with van der Waals surface area (Å²) in [5.41, 5.74) is 3.80. The predicted molar refractivity (Wildman–Crippen MR) is 137 cm³/mol. The summed E-state index contributed by atoms with van der Waals surface area (Å²) in [6, 6.07) is 21.2. The number of fused-ring (bicyclic) bond motifs is 1. The normalized spacial score (nSPS) is 12.0. The number of nitrogens with one attached hydrogen (secondary N) is 1. The van der Waals surface area contributed by atoms with Crippen molar-refractivity contribution < 1.29 is 23.1 Å². The summed E-state index contributed by atoms with van der Waals surface area (Å²) in [6.45, 7) is 2.00. The molecule has 0 saturated carbocycles. The number of aromatic amines is 1. The van der Waals surface area contributed by atoms with Crippen molar-refractivity contribution in [1.82, 2.24) is 4.98 Å². The van der Waals surface area contributed by atoms with Gasteiger partial charge in [-0.2, -0.15) is 0 Å². The number of aromatic hydroxyl groups is 1. The van der Waals surface area contributed by atoms with Crippen LogP contribution < -0.4 is 4.31 Å². The van der Waals surface area contributed by atoms with E-state index in [1.165, 1.54) is 11.4 Å². The number of H-pyrrole nitrogens is 1. The summed E-state index contributed by atoms with van der Waals surface area (Å²) >= 11 is 0. The van der Waals surface area contributed by atoms with E-state index in [1.807, 2.05) is 30.3 Å². The van der Waals surface area contributed by atoms with Crippen molar-refractivity contribution in [3.8, 4) is 5.88 Å². The highest BCUT2D eigenvalue weighted by atomic mass is 32.2. The van der Waals surface area contributed by atoms with Crippen molar-refractivity contribution in [3.63, 3.8) is 0 Å². The van der Waals surface area contributed by atoms with Gasteiger partial charge < -0.3 is 14.8 Å². The summed E-state index contributed by atoms with van der Waals surface area (Å²) in [4.78, 5) is 19.9. The topological polar surface area (TPSA) is 112 Å². The Morgan fingerprint density at radius 3 is 2.34 bits per heavy atom. The second-order valence-electron chi connectivity index (χ2n) is 7.90. The van der Waals surface area contributed by atoms with Crippen LogP contribution in [0.2, 0.25) is 0 Å². The molecular formula is C26H25N3O5S. The standard InChI is InChI=1S/C26H25N3O5S/c1-4-34-26(31)18-10-15-21-22(16-18)28-25(30)23(21)24(17-8-6-5-7-9-17)27-19-11-13-20(14-12-19)29(2)35(3,32)33/h5-16,28,30H,4H2,1-3H3. The van der Waals surface area contributed by atoms with Crippen LogP contribution in [0.4, 0.5) is 11.4 Å². The Morgan fingerprint density at radius 1 is 1.03 bits per heavy atom. The molecule has 9 heteroatoms. The van der Waals surface area contributed by atoms with Gasteiger partial charge >= 0.3 is 5.97 Å². The smallest absolute Gasteiger partial charge is 0.338 e. The Bertz CT molecular complexity index is 1510. The van der Waals surface area contributed by atoms with Crippen molar-refractivity contribution in [2.45, 2.75) is 6.92 Å². The van der Waals surface area contributed by atoms with Crippen LogP contribution in [0.5, 0.6) is 5.88 Å². The first-order chi connectivity index (χ1) is 16.7. The molecule has 0 bridgehead atoms. The van der Waals surface area contributed by atoms with Crippen LogP contribution in [-0.2, 0) is 14.8 Å². The summed E-state index contributed by atoms with van der Waals surface area (Å²) in [7, 11) is -1.90. The van der Waals surface area contributed by atoms with E-state index in [-0.39, 0.29) is 12.5 Å². The van der Waals surface area contributed by atoms with Crippen LogP contribution in [0.15, 0.2) is 77.8 Å². The maximum absolute atomic E-state index is 12.2. The number of rotatable bonds is 7. The van der Waals surface area contributed by atoms with Gasteiger partial charge in [-0.15, -0.1) is 0 Å². The highest BCUT2D eigenvalue weighted by Gasteiger charge is 2.20. The molecule has 0 aliphatic rings. The maximum Gasteiger partial charge on any atom is 0.338 e. The number of anilines is 1. The summed E-state index contributed by atoms with van der Waals surface area (Å²) in [5.74, 6) is -0.529. The van der Waals surface area contributed by atoms with Crippen LogP contribution in [0, 0.1) is 0 Å². The number of aromatic nitrogens is 1. The van der Waals surface area contributed by atoms with Gasteiger partial charge in [-0.25, -0.2) is 18.2 Å². The Hall–Kier alpha value is -4.11. The van der Waals surface area contributed by atoms with Crippen LogP contribution in [-0.4, -0.2) is 50.1 Å². The molecule has 4 aromatic rings. The number of ether oxygens (including phenoxy) is 1. The fourth-order valence-electron chi connectivity index (χ4n) is 3.68. The second kappa shape index (κ2) is 9.63. The molecule has 0 amide bonds. The third-order valence-corrected chi connectivity index (χ3v) is 6.73. The third-order valence-electron chi connectivity index (χ3n) is 5.53. The fraction of sp³-hybridized carbons (Fsp3) is 0.154. The number of aliphatic imine (C=N–C) groups is 1. The van der Waals surface area contributed by atoms with Crippen LogP contribution >= 0.6 is 0 Å². The average molecular weight is 492 g/mol. The van der Waals surface area contributed by atoms with E-state index in [0.717, 1.165) is 11.8 Å². The van der Waals surface area contributed by atoms with E-state index in [1.54, 1.807) is 49.4 Å². The fourth-order valence-corrected chi connectivity index (χ4v) is 4.19. The van der Waals surface area contributed by atoms with Gasteiger partial charge in [0.25, 0.3) is 0 Å². The van der Waals surface area contributed by atoms with E-state index in [9.17, 15) is 18.3 Å². The largest absolute Gasteiger partial charge is 0.494 e. The summed E-state index contributed by atoms with van der Waals surface area (Å²) in [5, 5.41) is 11.5. The Labute approximate surface area is 203 Å². The number of esters is 1. The van der Waals surface area contributed by atoms with Gasteiger partial charge in [-0.1, -0.05) is 36.4 Å². The number of carbonyl (C=O) groups is 1. The molecule has 0 saturated heterocycles. The molecule has 1 aromatic heterocycles. The lowest BCUT2D eigenvalue weighted by molar-refractivity contribution is 0.0526. The molecule has 2 N–H and O–H groups in total. The van der Waals surface area contributed by atoms with Crippen LogP contribution in [0.3, 0.4) is 0 Å². The van der Waals surface area contributed by atoms with Gasteiger partial charge in [-0.05, 0) is 43.3 Å². The number of sulfonamides is 1. The molecule has 180 valence electrons. The molecule has 0 atom stereocenters. The van der Waals surface area contributed by atoms with Crippen LogP contribution in [0.1, 0.15) is 28.4 Å². The highest BCUT2D eigenvalue weighted by Crippen LogP contribution is 2.32. The number of carbonyl (C=O) groups excluding carboxylic acids is 1. The van der Waals surface area contributed by atoms with E-state index < -0.39 is 16.0 Å². The molecule has 0 radical (unpaired) electrons. The molecule has 0 fully saturated rings. The minimum atomic E-state index is -3.39. The molecule has 8 nitrogen and oxygen atoms in total. The quantitative estimate of drug-likeness (QED) is 0.290. The summed E-state index contributed by atoms with van der Waals surface area (Å²) in [6.07, 6.45) is 1.14. The maximum atomic E-state index is 12.2. The molecule has 0 aliphatic heterocycles. The monoisotopic (exact) mass is 491 g/mol. The first kappa shape index (κ1) is 24.0. The van der Waals surface area contributed by atoms with Crippen molar-refractivity contribution in [2.75, 3.05) is 24.2 Å². The molecule has 35 heavy (non-hydrogen) atoms. The number of benzene rings is 3. The van der Waals surface area contributed by atoms with Gasteiger partial charge in [0.2, 0.25) is 10.0 Å². The predicted octanol–water partition coefficient (Wildman–Crippen LogP) is 4.62. The molecule has 0 spiro atoms. The van der Waals surface area contributed by atoms with Crippen molar-refractivity contribution in [1.29, 1.82) is 0 Å².